The molecule has 0 radical (unpaired) electrons. The van der Waals surface area contributed by atoms with Crippen LogP contribution in [0.5, 0.6) is 0 Å². The molecule has 0 fully saturated rings. The highest BCUT2D eigenvalue weighted by atomic mass is 16.5. The molecule has 4 heteroatoms. The number of carbonyl (C=O) groups is 1. The first-order chi connectivity index (χ1) is 8.60. The first kappa shape index (κ1) is 17.4. The smallest absolute Gasteiger partial charge is 0.328 e. The van der Waals surface area contributed by atoms with Gasteiger partial charge in [0.25, 0.3) is 0 Å². The van der Waals surface area contributed by atoms with Crippen molar-refractivity contribution in [1.29, 1.82) is 0 Å². The number of hydrogen-bond donors (Lipinski definition) is 1. The van der Waals surface area contributed by atoms with E-state index in [1.54, 1.807) is 14.0 Å². The second-order valence-corrected chi connectivity index (χ2v) is 4.89. The summed E-state index contributed by atoms with van der Waals surface area (Å²) < 4.78 is 10.3. The van der Waals surface area contributed by atoms with Gasteiger partial charge in [0.1, 0.15) is 5.54 Å². The van der Waals surface area contributed by atoms with E-state index in [2.05, 4.69) is 12.2 Å². The highest BCUT2D eigenvalue weighted by Gasteiger charge is 2.32. The van der Waals surface area contributed by atoms with Crippen LogP contribution in [0.1, 0.15) is 52.4 Å². The molecule has 0 saturated heterocycles. The Kier molecular flexibility index (Phi) is 9.98. The zero-order valence-electron chi connectivity index (χ0n) is 12.4. The van der Waals surface area contributed by atoms with Gasteiger partial charge in [0.2, 0.25) is 0 Å². The lowest BCUT2D eigenvalue weighted by molar-refractivity contribution is -0.150. The SMILES string of the molecule is CCCCCCCCOCC(C)(NC)C(=O)OC. The Morgan fingerprint density at radius 3 is 2.33 bits per heavy atom. The molecule has 0 saturated carbocycles. The van der Waals surface area contributed by atoms with Gasteiger partial charge in [-0.3, -0.25) is 0 Å². The zero-order valence-corrected chi connectivity index (χ0v) is 12.4. The van der Waals surface area contributed by atoms with Gasteiger partial charge in [-0.1, -0.05) is 39.0 Å². The van der Waals surface area contributed by atoms with Gasteiger partial charge < -0.3 is 14.8 Å². The van der Waals surface area contributed by atoms with Crippen molar-refractivity contribution in [1.82, 2.24) is 5.32 Å². The minimum Gasteiger partial charge on any atom is -0.468 e. The normalized spacial score (nSPS) is 14.2. The van der Waals surface area contributed by atoms with E-state index in [0.29, 0.717) is 13.2 Å². The Morgan fingerprint density at radius 2 is 1.78 bits per heavy atom. The molecule has 0 aromatic heterocycles. The van der Waals surface area contributed by atoms with Crippen LogP contribution in [0.4, 0.5) is 0 Å². The number of carbonyl (C=O) groups excluding carboxylic acids is 1. The monoisotopic (exact) mass is 259 g/mol. The molecule has 0 aromatic carbocycles. The Morgan fingerprint density at radius 1 is 1.17 bits per heavy atom. The van der Waals surface area contributed by atoms with Crippen molar-refractivity contribution >= 4 is 5.97 Å². The third kappa shape index (κ3) is 6.97. The summed E-state index contributed by atoms with van der Waals surface area (Å²) in [4.78, 5) is 11.5. The molecule has 0 bridgehead atoms. The summed E-state index contributed by atoms with van der Waals surface area (Å²) in [6.07, 6.45) is 7.45. The van der Waals surface area contributed by atoms with Crippen molar-refractivity contribution in [3.8, 4) is 0 Å². The molecule has 0 aliphatic heterocycles. The molecule has 0 rings (SSSR count). The molecule has 4 nitrogen and oxygen atoms in total. The van der Waals surface area contributed by atoms with Crippen LogP contribution in [-0.4, -0.2) is 38.9 Å². The number of esters is 1. The highest BCUT2D eigenvalue weighted by molar-refractivity contribution is 5.80. The number of ether oxygens (including phenoxy) is 2. The first-order valence-corrected chi connectivity index (χ1v) is 6.95. The number of hydrogen-bond acceptors (Lipinski definition) is 4. The van der Waals surface area contributed by atoms with E-state index < -0.39 is 5.54 Å². The molecule has 108 valence electrons. The third-order valence-corrected chi connectivity index (χ3v) is 3.22. The lowest BCUT2D eigenvalue weighted by atomic mass is 10.1. The Hall–Kier alpha value is -0.610. The van der Waals surface area contributed by atoms with Crippen molar-refractivity contribution in [3.05, 3.63) is 0 Å². The van der Waals surface area contributed by atoms with E-state index in [1.165, 1.54) is 39.2 Å². The van der Waals surface area contributed by atoms with Crippen molar-refractivity contribution in [2.45, 2.75) is 57.9 Å². The summed E-state index contributed by atoms with van der Waals surface area (Å²) in [7, 11) is 3.14. The summed E-state index contributed by atoms with van der Waals surface area (Å²) in [6.45, 7) is 5.07. The maximum Gasteiger partial charge on any atom is 0.328 e. The second-order valence-electron chi connectivity index (χ2n) is 4.89. The van der Waals surface area contributed by atoms with E-state index in [9.17, 15) is 4.79 Å². The Bertz CT molecular complexity index is 221. The molecule has 0 spiro atoms. The van der Waals surface area contributed by atoms with Crippen LogP contribution in [0, 0.1) is 0 Å². The van der Waals surface area contributed by atoms with E-state index in [4.69, 9.17) is 9.47 Å². The number of unbranched alkanes of at least 4 members (excludes halogenated alkanes) is 5. The lowest BCUT2D eigenvalue weighted by Gasteiger charge is -2.25. The summed E-state index contributed by atoms with van der Waals surface area (Å²) in [5, 5.41) is 2.95. The molecule has 0 amide bonds. The maximum atomic E-state index is 11.5. The standard InChI is InChI=1S/C14H29NO3/c1-5-6-7-8-9-10-11-18-12-14(2,15-3)13(16)17-4/h15H,5-12H2,1-4H3. The predicted molar refractivity (Wildman–Crippen MR) is 73.7 cm³/mol. The fourth-order valence-electron chi connectivity index (χ4n) is 1.72. The number of rotatable bonds is 11. The molecule has 0 aliphatic rings. The minimum absolute atomic E-state index is 0.284. The summed E-state index contributed by atoms with van der Waals surface area (Å²) >= 11 is 0. The van der Waals surface area contributed by atoms with Gasteiger partial charge in [-0.05, 0) is 20.4 Å². The average Bonchev–Trinajstić information content (AvgIpc) is 2.40. The quantitative estimate of drug-likeness (QED) is 0.457. The Balaban J connectivity index is 3.60. The highest BCUT2D eigenvalue weighted by Crippen LogP contribution is 2.08. The number of methoxy groups -OCH3 is 1. The van der Waals surface area contributed by atoms with Gasteiger partial charge >= 0.3 is 5.97 Å². The van der Waals surface area contributed by atoms with E-state index in [-0.39, 0.29) is 5.97 Å². The van der Waals surface area contributed by atoms with Crippen molar-refractivity contribution in [2.75, 3.05) is 27.4 Å². The minimum atomic E-state index is -0.739. The molecule has 0 aliphatic carbocycles. The largest absolute Gasteiger partial charge is 0.468 e. The van der Waals surface area contributed by atoms with Gasteiger partial charge in [0.15, 0.2) is 0 Å². The van der Waals surface area contributed by atoms with Crippen molar-refractivity contribution in [3.63, 3.8) is 0 Å². The van der Waals surface area contributed by atoms with E-state index >= 15 is 0 Å². The average molecular weight is 259 g/mol. The molecule has 1 N–H and O–H groups in total. The summed E-state index contributed by atoms with van der Waals surface area (Å²) in [5.74, 6) is -0.284. The van der Waals surface area contributed by atoms with Gasteiger partial charge in [0, 0.05) is 6.61 Å². The summed E-state index contributed by atoms with van der Waals surface area (Å²) in [6, 6.07) is 0. The molecule has 1 unspecified atom stereocenters. The lowest BCUT2D eigenvalue weighted by Crippen LogP contribution is -2.52. The van der Waals surface area contributed by atoms with Gasteiger partial charge in [-0.25, -0.2) is 4.79 Å². The number of likely N-dealkylation sites (N-methyl/N-ethyl adjacent to an activating group) is 1. The molecule has 1 atom stereocenters. The molecule has 18 heavy (non-hydrogen) atoms. The van der Waals surface area contributed by atoms with Gasteiger partial charge in [0.05, 0.1) is 13.7 Å². The maximum absolute atomic E-state index is 11.5. The second kappa shape index (κ2) is 10.3. The van der Waals surface area contributed by atoms with Crippen LogP contribution >= 0.6 is 0 Å². The third-order valence-electron chi connectivity index (χ3n) is 3.22. The van der Waals surface area contributed by atoms with Gasteiger partial charge in [-0.2, -0.15) is 0 Å². The molecule has 0 aromatic rings. The zero-order chi connectivity index (χ0) is 13.9. The molecular formula is C14H29NO3. The van der Waals surface area contributed by atoms with Gasteiger partial charge in [-0.15, -0.1) is 0 Å². The fourth-order valence-corrected chi connectivity index (χ4v) is 1.72. The predicted octanol–water partition coefficient (Wildman–Crippen LogP) is 2.51. The van der Waals surface area contributed by atoms with Crippen LogP contribution in [0.25, 0.3) is 0 Å². The first-order valence-electron chi connectivity index (χ1n) is 6.95. The molecule has 0 heterocycles. The van der Waals surface area contributed by atoms with Crippen LogP contribution in [-0.2, 0) is 14.3 Å². The van der Waals surface area contributed by atoms with Crippen LogP contribution in [0.2, 0.25) is 0 Å². The molecular weight excluding hydrogens is 230 g/mol. The number of nitrogens with one attached hydrogen (secondary N) is 1. The fraction of sp³-hybridized carbons (Fsp3) is 0.929. The van der Waals surface area contributed by atoms with E-state index in [1.807, 2.05) is 0 Å². The van der Waals surface area contributed by atoms with Crippen LogP contribution in [0.3, 0.4) is 0 Å². The van der Waals surface area contributed by atoms with Crippen molar-refractivity contribution in [2.24, 2.45) is 0 Å². The Labute approximate surface area is 111 Å². The summed E-state index contributed by atoms with van der Waals surface area (Å²) in [5.41, 5.74) is -0.739. The van der Waals surface area contributed by atoms with Crippen LogP contribution in [0.15, 0.2) is 0 Å². The van der Waals surface area contributed by atoms with E-state index in [0.717, 1.165) is 6.42 Å². The topological polar surface area (TPSA) is 47.6 Å². The van der Waals surface area contributed by atoms with Crippen LogP contribution < -0.4 is 5.32 Å². The van der Waals surface area contributed by atoms with Crippen molar-refractivity contribution < 1.29 is 14.3 Å².